The van der Waals surface area contributed by atoms with Gasteiger partial charge in [-0.25, -0.2) is 0 Å². The number of methoxy groups -OCH3 is 1. The molecule has 7 heteroatoms. The Balaban J connectivity index is 1.87. The van der Waals surface area contributed by atoms with Gasteiger partial charge in [-0.2, -0.15) is 0 Å². The van der Waals surface area contributed by atoms with Gasteiger partial charge in [0.15, 0.2) is 5.11 Å². The Morgan fingerprint density at radius 1 is 1.24 bits per heavy atom. The van der Waals surface area contributed by atoms with E-state index in [1.807, 2.05) is 60.4 Å². The highest BCUT2D eigenvalue weighted by Crippen LogP contribution is 2.24. The lowest BCUT2D eigenvalue weighted by molar-refractivity contribution is 0.265. The summed E-state index contributed by atoms with van der Waals surface area (Å²) in [6.07, 6.45) is 0.540. The van der Waals surface area contributed by atoms with Crippen LogP contribution < -0.4 is 15.6 Å². The number of ether oxygens (including phenoxy) is 1. The fourth-order valence-electron chi connectivity index (χ4n) is 3.15. The van der Waals surface area contributed by atoms with Crippen molar-refractivity contribution < 1.29 is 9.84 Å². The van der Waals surface area contributed by atoms with Gasteiger partial charge in [0.05, 0.1) is 19.3 Å². The summed E-state index contributed by atoms with van der Waals surface area (Å²) in [6.45, 7) is 2.91. The smallest absolute Gasteiger partial charge is 0.253 e. The molecule has 0 spiro atoms. The van der Waals surface area contributed by atoms with Gasteiger partial charge in [-0.3, -0.25) is 4.79 Å². The van der Waals surface area contributed by atoms with E-state index in [0.717, 1.165) is 22.2 Å². The second-order valence-electron chi connectivity index (χ2n) is 6.84. The molecule has 0 saturated heterocycles. The molecule has 0 amide bonds. The van der Waals surface area contributed by atoms with Crippen LogP contribution in [0.4, 0.5) is 5.69 Å². The lowest BCUT2D eigenvalue weighted by Crippen LogP contribution is -2.37. The third-order valence-corrected chi connectivity index (χ3v) is 5.02. The van der Waals surface area contributed by atoms with Crippen LogP contribution in [0.25, 0.3) is 10.9 Å². The predicted molar refractivity (Wildman–Crippen MR) is 121 cm³/mol. The number of pyridine rings is 1. The molecular formula is C22H25N3O3S. The molecule has 2 aromatic carbocycles. The van der Waals surface area contributed by atoms with Crippen LogP contribution in [0.15, 0.2) is 53.3 Å². The highest BCUT2D eigenvalue weighted by molar-refractivity contribution is 7.80. The normalized spacial score (nSPS) is 10.7. The Morgan fingerprint density at radius 3 is 2.79 bits per heavy atom. The van der Waals surface area contributed by atoms with Crippen molar-refractivity contribution in [2.45, 2.75) is 19.9 Å². The molecular weight excluding hydrogens is 386 g/mol. The van der Waals surface area contributed by atoms with Gasteiger partial charge in [-0.05, 0) is 61.3 Å². The van der Waals surface area contributed by atoms with Gasteiger partial charge in [-0.1, -0.05) is 23.8 Å². The van der Waals surface area contributed by atoms with Crippen LogP contribution in [0.1, 0.15) is 17.5 Å². The summed E-state index contributed by atoms with van der Waals surface area (Å²) < 4.78 is 5.37. The first kappa shape index (κ1) is 20.8. The van der Waals surface area contributed by atoms with Crippen LogP contribution in [-0.4, -0.2) is 40.4 Å². The molecule has 0 fully saturated rings. The first-order valence-corrected chi connectivity index (χ1v) is 9.85. The van der Waals surface area contributed by atoms with Gasteiger partial charge in [0.1, 0.15) is 5.75 Å². The Bertz CT molecular complexity index is 1060. The monoisotopic (exact) mass is 411 g/mol. The highest BCUT2D eigenvalue weighted by atomic mass is 32.1. The number of rotatable bonds is 7. The molecule has 3 aromatic rings. The second kappa shape index (κ2) is 9.54. The predicted octanol–water partition coefficient (Wildman–Crippen LogP) is 3.43. The summed E-state index contributed by atoms with van der Waals surface area (Å²) in [6, 6.07) is 15.3. The van der Waals surface area contributed by atoms with E-state index in [9.17, 15) is 9.90 Å². The number of hydrogen-bond donors (Lipinski definition) is 3. The maximum Gasteiger partial charge on any atom is 0.253 e. The van der Waals surface area contributed by atoms with Crippen LogP contribution in [-0.2, 0) is 6.54 Å². The van der Waals surface area contributed by atoms with E-state index in [1.54, 1.807) is 7.11 Å². The van der Waals surface area contributed by atoms with Crippen molar-refractivity contribution in [1.82, 2.24) is 9.88 Å². The topological polar surface area (TPSA) is 77.6 Å². The van der Waals surface area contributed by atoms with Gasteiger partial charge in [0.25, 0.3) is 5.56 Å². The summed E-state index contributed by atoms with van der Waals surface area (Å²) in [5.41, 5.74) is 3.15. The highest BCUT2D eigenvalue weighted by Gasteiger charge is 2.15. The van der Waals surface area contributed by atoms with E-state index >= 15 is 0 Å². The number of H-pyrrole nitrogens is 1. The van der Waals surface area contributed by atoms with Gasteiger partial charge < -0.3 is 25.0 Å². The first-order valence-electron chi connectivity index (χ1n) is 9.44. The number of anilines is 1. The fourth-order valence-corrected chi connectivity index (χ4v) is 3.42. The molecule has 152 valence electrons. The average molecular weight is 412 g/mol. The molecule has 0 atom stereocenters. The molecule has 0 aliphatic rings. The SMILES string of the molecule is COc1ccccc1NC(=S)N(CCCO)Cc1cc2cc(C)ccc2[nH]c1=O. The van der Waals surface area contributed by atoms with Crippen molar-refractivity contribution >= 4 is 33.9 Å². The van der Waals surface area contributed by atoms with Gasteiger partial charge in [-0.15, -0.1) is 0 Å². The van der Waals surface area contributed by atoms with Crippen molar-refractivity contribution in [3.05, 3.63) is 70.0 Å². The van der Waals surface area contributed by atoms with Gasteiger partial charge in [0.2, 0.25) is 0 Å². The molecule has 29 heavy (non-hydrogen) atoms. The Labute approximate surface area is 175 Å². The van der Waals surface area contributed by atoms with Crippen LogP contribution >= 0.6 is 12.2 Å². The van der Waals surface area contributed by atoms with Crippen molar-refractivity contribution in [3.8, 4) is 5.75 Å². The molecule has 1 heterocycles. The molecule has 0 radical (unpaired) electrons. The van der Waals surface area contributed by atoms with E-state index in [-0.39, 0.29) is 12.2 Å². The second-order valence-corrected chi connectivity index (χ2v) is 7.23. The zero-order valence-electron chi connectivity index (χ0n) is 16.6. The molecule has 0 aliphatic heterocycles. The lowest BCUT2D eigenvalue weighted by atomic mass is 10.1. The fraction of sp³-hybridized carbons (Fsp3) is 0.273. The number of aromatic nitrogens is 1. The van der Waals surface area contributed by atoms with Crippen LogP contribution in [0, 0.1) is 6.92 Å². The minimum Gasteiger partial charge on any atom is -0.495 e. The number of nitrogens with zero attached hydrogens (tertiary/aromatic N) is 1. The van der Waals surface area contributed by atoms with Crippen LogP contribution in [0.2, 0.25) is 0 Å². The molecule has 0 unspecified atom stereocenters. The summed E-state index contributed by atoms with van der Waals surface area (Å²) >= 11 is 5.60. The van der Waals surface area contributed by atoms with Crippen molar-refractivity contribution in [1.29, 1.82) is 0 Å². The summed E-state index contributed by atoms with van der Waals surface area (Å²) in [5.74, 6) is 0.677. The maximum atomic E-state index is 12.6. The minimum atomic E-state index is -0.143. The van der Waals surface area contributed by atoms with Gasteiger partial charge in [0, 0.05) is 24.2 Å². The maximum absolute atomic E-state index is 12.6. The number of benzene rings is 2. The number of fused-ring (bicyclic) bond motifs is 1. The third kappa shape index (κ3) is 5.13. The summed E-state index contributed by atoms with van der Waals surface area (Å²) in [5, 5.41) is 13.9. The number of aliphatic hydroxyl groups is 1. The number of thiocarbonyl (C=S) groups is 1. The molecule has 0 saturated carbocycles. The molecule has 3 rings (SSSR count). The summed E-state index contributed by atoms with van der Waals surface area (Å²) in [7, 11) is 1.60. The quantitative estimate of drug-likeness (QED) is 0.517. The molecule has 0 bridgehead atoms. The number of aromatic amines is 1. The number of aliphatic hydroxyl groups excluding tert-OH is 1. The zero-order valence-corrected chi connectivity index (χ0v) is 17.4. The summed E-state index contributed by atoms with van der Waals surface area (Å²) in [4.78, 5) is 17.4. The molecule has 6 nitrogen and oxygen atoms in total. The van der Waals surface area contributed by atoms with E-state index in [1.165, 1.54) is 0 Å². The Hall–Kier alpha value is -2.90. The van der Waals surface area contributed by atoms with Crippen molar-refractivity contribution in [2.75, 3.05) is 25.6 Å². The number of hydrogen-bond acceptors (Lipinski definition) is 4. The largest absolute Gasteiger partial charge is 0.495 e. The standard InChI is InChI=1S/C22H25N3O3S/c1-15-8-9-18-16(12-15)13-17(21(27)23-18)14-25(10-5-11-26)22(29)24-19-6-3-4-7-20(19)28-2/h3-4,6-9,12-13,26H,5,10-11,14H2,1-2H3,(H,23,27)(H,24,29). The third-order valence-electron chi connectivity index (χ3n) is 4.66. The zero-order chi connectivity index (χ0) is 20.8. The lowest BCUT2D eigenvalue weighted by Gasteiger charge is -2.26. The van der Waals surface area contributed by atoms with Crippen molar-refractivity contribution in [3.63, 3.8) is 0 Å². The van der Waals surface area contributed by atoms with E-state index in [4.69, 9.17) is 17.0 Å². The molecule has 3 N–H and O–H groups in total. The minimum absolute atomic E-state index is 0.0427. The number of aryl methyl sites for hydroxylation is 1. The molecule has 1 aromatic heterocycles. The Morgan fingerprint density at radius 2 is 2.03 bits per heavy atom. The number of para-hydroxylation sites is 2. The van der Waals surface area contributed by atoms with Crippen LogP contribution in [0.5, 0.6) is 5.75 Å². The first-order chi connectivity index (χ1) is 14.0. The van der Waals surface area contributed by atoms with Crippen molar-refractivity contribution in [2.24, 2.45) is 0 Å². The molecule has 0 aliphatic carbocycles. The van der Waals surface area contributed by atoms with Crippen LogP contribution in [0.3, 0.4) is 0 Å². The Kier molecular flexibility index (Phi) is 6.85. The number of nitrogens with one attached hydrogen (secondary N) is 2. The van der Waals surface area contributed by atoms with E-state index < -0.39 is 0 Å². The average Bonchev–Trinajstić information content (AvgIpc) is 2.72. The van der Waals surface area contributed by atoms with E-state index in [0.29, 0.717) is 35.9 Å². The van der Waals surface area contributed by atoms with E-state index in [2.05, 4.69) is 10.3 Å². The van der Waals surface area contributed by atoms with Gasteiger partial charge >= 0.3 is 0 Å².